The molecule has 168 valence electrons. The third kappa shape index (κ3) is 6.76. The number of carbonyl (C=O) groups is 2. The maximum Gasteiger partial charge on any atom is 0.241 e. The molecule has 0 saturated heterocycles. The highest BCUT2D eigenvalue weighted by Gasteiger charge is 2.21. The first kappa shape index (κ1) is 23.2. The minimum absolute atomic E-state index is 0.000347. The van der Waals surface area contributed by atoms with Crippen molar-refractivity contribution in [3.63, 3.8) is 0 Å². The first-order valence-electron chi connectivity index (χ1n) is 9.69. The molecule has 0 bridgehead atoms. The molecule has 2 aromatic carbocycles. The smallest absolute Gasteiger partial charge is 0.241 e. The van der Waals surface area contributed by atoms with Crippen LogP contribution in [-0.2, 0) is 32.7 Å². The van der Waals surface area contributed by atoms with Crippen molar-refractivity contribution in [3.05, 3.63) is 90.1 Å². The summed E-state index contributed by atoms with van der Waals surface area (Å²) in [5.74, 6) is -0.950. The zero-order valence-electron chi connectivity index (χ0n) is 17.0. The molecule has 2 amide bonds. The molecule has 0 atom stereocenters. The van der Waals surface area contributed by atoms with E-state index >= 15 is 0 Å². The van der Waals surface area contributed by atoms with Gasteiger partial charge in [0.15, 0.2) is 0 Å². The number of benzene rings is 2. The topological polar surface area (TPSA) is 109 Å². The molecule has 10 heteroatoms. The summed E-state index contributed by atoms with van der Waals surface area (Å²) in [5.41, 5.74) is 0.588. The van der Waals surface area contributed by atoms with Crippen molar-refractivity contribution < 1.29 is 26.8 Å². The lowest BCUT2D eigenvalue weighted by atomic mass is 10.2. The molecule has 0 aliphatic carbocycles. The van der Waals surface area contributed by atoms with Crippen molar-refractivity contribution in [2.45, 2.75) is 18.0 Å². The Morgan fingerprint density at radius 3 is 2.34 bits per heavy atom. The van der Waals surface area contributed by atoms with E-state index in [2.05, 4.69) is 10.0 Å². The Morgan fingerprint density at radius 1 is 0.969 bits per heavy atom. The van der Waals surface area contributed by atoms with E-state index in [4.69, 9.17) is 4.42 Å². The van der Waals surface area contributed by atoms with Crippen molar-refractivity contribution >= 4 is 21.8 Å². The Hall–Kier alpha value is -3.50. The zero-order valence-corrected chi connectivity index (χ0v) is 17.8. The van der Waals surface area contributed by atoms with Crippen LogP contribution in [0.15, 0.2) is 82.3 Å². The van der Waals surface area contributed by atoms with E-state index in [9.17, 15) is 22.4 Å². The number of rotatable bonds is 10. The first-order valence-corrected chi connectivity index (χ1v) is 11.2. The molecule has 0 unspecified atom stereocenters. The van der Waals surface area contributed by atoms with Gasteiger partial charge in [0.1, 0.15) is 11.6 Å². The lowest BCUT2D eigenvalue weighted by Gasteiger charge is -2.22. The van der Waals surface area contributed by atoms with Gasteiger partial charge in [0.25, 0.3) is 0 Å². The van der Waals surface area contributed by atoms with Gasteiger partial charge in [-0.2, -0.15) is 0 Å². The highest BCUT2D eigenvalue weighted by atomic mass is 32.2. The number of hydrogen-bond donors (Lipinski definition) is 2. The van der Waals surface area contributed by atoms with Crippen LogP contribution in [0.5, 0.6) is 0 Å². The standard InChI is InChI=1S/C22H22FN3O5S/c23-18-10-8-17(9-11-18)15-26(16-21(27)24-13-19-5-4-12-31-19)22(28)14-25-32(29,30)20-6-2-1-3-7-20/h1-12,25H,13-16H2,(H,24,27). The van der Waals surface area contributed by atoms with Crippen LogP contribution in [0, 0.1) is 5.82 Å². The van der Waals surface area contributed by atoms with Crippen molar-refractivity contribution in [3.8, 4) is 0 Å². The van der Waals surface area contributed by atoms with Crippen LogP contribution in [-0.4, -0.2) is 38.2 Å². The second-order valence-electron chi connectivity index (χ2n) is 6.87. The average Bonchev–Trinajstić information content (AvgIpc) is 3.31. The summed E-state index contributed by atoms with van der Waals surface area (Å²) in [6, 6.07) is 16.5. The maximum absolute atomic E-state index is 13.2. The molecule has 2 N–H and O–H groups in total. The van der Waals surface area contributed by atoms with Gasteiger partial charge in [0.05, 0.1) is 30.8 Å². The van der Waals surface area contributed by atoms with Gasteiger partial charge in [0.2, 0.25) is 21.8 Å². The second-order valence-corrected chi connectivity index (χ2v) is 8.64. The van der Waals surface area contributed by atoms with Crippen LogP contribution in [0.2, 0.25) is 0 Å². The van der Waals surface area contributed by atoms with Crippen molar-refractivity contribution in [2.75, 3.05) is 13.1 Å². The third-order valence-electron chi connectivity index (χ3n) is 4.48. The maximum atomic E-state index is 13.2. The normalized spacial score (nSPS) is 11.2. The number of halogens is 1. The van der Waals surface area contributed by atoms with Crippen molar-refractivity contribution in [1.29, 1.82) is 0 Å². The summed E-state index contributed by atoms with van der Waals surface area (Å²) in [6.45, 7) is -0.709. The molecule has 0 radical (unpaired) electrons. The Bertz CT molecular complexity index is 1130. The van der Waals surface area contributed by atoms with E-state index in [1.54, 1.807) is 30.3 Å². The fourth-order valence-corrected chi connectivity index (χ4v) is 3.82. The molecule has 3 aromatic rings. The SMILES string of the molecule is O=C(CN(Cc1ccc(F)cc1)C(=O)CNS(=O)(=O)c1ccccc1)NCc1ccco1. The molecule has 0 aliphatic heterocycles. The number of hydrogen-bond acceptors (Lipinski definition) is 5. The van der Waals surface area contributed by atoms with Gasteiger partial charge in [-0.15, -0.1) is 0 Å². The summed E-state index contributed by atoms with van der Waals surface area (Å²) in [4.78, 5) is 26.4. The van der Waals surface area contributed by atoms with Crippen LogP contribution >= 0.6 is 0 Å². The minimum Gasteiger partial charge on any atom is -0.467 e. The van der Waals surface area contributed by atoms with Gasteiger partial charge in [-0.05, 0) is 42.0 Å². The first-order chi connectivity index (χ1) is 15.3. The van der Waals surface area contributed by atoms with E-state index in [-0.39, 0.29) is 24.5 Å². The fraction of sp³-hybridized carbons (Fsp3) is 0.182. The highest BCUT2D eigenvalue weighted by molar-refractivity contribution is 7.89. The van der Waals surface area contributed by atoms with Crippen LogP contribution < -0.4 is 10.0 Å². The summed E-state index contributed by atoms with van der Waals surface area (Å²) >= 11 is 0. The molecule has 0 fully saturated rings. The molecule has 0 spiro atoms. The number of amides is 2. The number of furan rings is 1. The van der Waals surface area contributed by atoms with Crippen LogP contribution in [0.25, 0.3) is 0 Å². The van der Waals surface area contributed by atoms with E-state index in [0.29, 0.717) is 11.3 Å². The van der Waals surface area contributed by atoms with Gasteiger partial charge in [-0.1, -0.05) is 30.3 Å². The number of sulfonamides is 1. The summed E-state index contributed by atoms with van der Waals surface area (Å²) in [5, 5.41) is 2.64. The Balaban J connectivity index is 1.66. The largest absolute Gasteiger partial charge is 0.467 e. The summed E-state index contributed by atoms with van der Waals surface area (Å²) in [7, 11) is -3.90. The molecular formula is C22H22FN3O5S. The second kappa shape index (κ2) is 10.7. The molecule has 32 heavy (non-hydrogen) atoms. The molecular weight excluding hydrogens is 437 g/mol. The van der Waals surface area contributed by atoms with Crippen molar-refractivity contribution in [2.24, 2.45) is 0 Å². The zero-order chi connectivity index (χ0) is 23.0. The Labute approximate surface area is 185 Å². The predicted molar refractivity (Wildman–Crippen MR) is 114 cm³/mol. The molecule has 0 saturated carbocycles. The molecule has 1 aromatic heterocycles. The van der Waals surface area contributed by atoms with Crippen LogP contribution in [0.4, 0.5) is 4.39 Å². The monoisotopic (exact) mass is 459 g/mol. The molecule has 3 rings (SSSR count). The van der Waals surface area contributed by atoms with E-state index < -0.39 is 34.2 Å². The van der Waals surface area contributed by atoms with Gasteiger partial charge in [0, 0.05) is 6.54 Å². The Kier molecular flexibility index (Phi) is 7.74. The lowest BCUT2D eigenvalue weighted by Crippen LogP contribution is -2.44. The van der Waals surface area contributed by atoms with Crippen LogP contribution in [0.3, 0.4) is 0 Å². The van der Waals surface area contributed by atoms with Gasteiger partial charge in [-0.25, -0.2) is 17.5 Å². The number of nitrogens with zero attached hydrogens (tertiary/aromatic N) is 1. The van der Waals surface area contributed by atoms with Crippen LogP contribution in [0.1, 0.15) is 11.3 Å². The highest BCUT2D eigenvalue weighted by Crippen LogP contribution is 2.09. The summed E-state index contributed by atoms with van der Waals surface area (Å²) < 4.78 is 45.4. The van der Waals surface area contributed by atoms with Gasteiger partial charge < -0.3 is 14.6 Å². The van der Waals surface area contributed by atoms with Crippen molar-refractivity contribution in [1.82, 2.24) is 14.9 Å². The molecule has 1 heterocycles. The van der Waals surface area contributed by atoms with Gasteiger partial charge >= 0.3 is 0 Å². The predicted octanol–water partition coefficient (Wildman–Crippen LogP) is 2.04. The quantitative estimate of drug-likeness (QED) is 0.482. The number of nitrogens with one attached hydrogen (secondary N) is 2. The van der Waals surface area contributed by atoms with E-state index in [1.165, 1.54) is 47.6 Å². The Morgan fingerprint density at radius 2 is 1.69 bits per heavy atom. The molecule has 8 nitrogen and oxygen atoms in total. The van der Waals surface area contributed by atoms with E-state index in [1.807, 2.05) is 0 Å². The number of carbonyl (C=O) groups excluding carboxylic acids is 2. The fourth-order valence-electron chi connectivity index (χ4n) is 2.82. The molecule has 0 aliphatic rings. The van der Waals surface area contributed by atoms with E-state index in [0.717, 1.165) is 0 Å². The van der Waals surface area contributed by atoms with Gasteiger partial charge in [-0.3, -0.25) is 9.59 Å². The third-order valence-corrected chi connectivity index (χ3v) is 5.90. The summed E-state index contributed by atoms with van der Waals surface area (Å²) in [6.07, 6.45) is 1.48. The lowest BCUT2D eigenvalue weighted by molar-refractivity contribution is -0.135. The minimum atomic E-state index is -3.90. The average molecular weight is 459 g/mol.